The topological polar surface area (TPSA) is 34.0 Å². The number of allylic oxidation sites excluding steroid dienone is 5. The van der Waals surface area contributed by atoms with Gasteiger partial charge in [-0.05, 0) is 31.3 Å². The van der Waals surface area contributed by atoms with Crippen molar-refractivity contribution in [3.63, 3.8) is 0 Å². The molecule has 0 unspecified atom stereocenters. The van der Waals surface area contributed by atoms with Crippen LogP contribution in [0.25, 0.3) is 0 Å². The lowest BCUT2D eigenvalue weighted by molar-refractivity contribution is 0.358. The molecule has 23 heavy (non-hydrogen) atoms. The average molecular weight is 310 g/mol. The molecule has 0 atom stereocenters. The Bertz CT molecular complexity index is 585. The van der Waals surface area contributed by atoms with Crippen molar-refractivity contribution in [3.05, 3.63) is 61.0 Å². The molecule has 122 valence electrons. The predicted octanol–water partition coefficient (Wildman–Crippen LogP) is 5.15. The van der Waals surface area contributed by atoms with E-state index in [2.05, 4.69) is 41.4 Å². The second kappa shape index (κ2) is 9.09. The summed E-state index contributed by atoms with van der Waals surface area (Å²) < 4.78 is 5.68. The van der Waals surface area contributed by atoms with Gasteiger partial charge in [-0.25, -0.2) is 9.98 Å². The first-order chi connectivity index (χ1) is 11.3. The van der Waals surface area contributed by atoms with Crippen LogP contribution in [0.5, 0.6) is 0 Å². The number of hydrogen-bond acceptors (Lipinski definition) is 3. The van der Waals surface area contributed by atoms with Gasteiger partial charge in [0.2, 0.25) is 5.90 Å². The van der Waals surface area contributed by atoms with Crippen molar-refractivity contribution >= 4 is 11.6 Å². The van der Waals surface area contributed by atoms with Gasteiger partial charge in [-0.1, -0.05) is 62.8 Å². The molecule has 3 heteroatoms. The van der Waals surface area contributed by atoms with Gasteiger partial charge < -0.3 is 4.74 Å². The molecular formula is C20H26N2O. The largest absolute Gasteiger partial charge is 0.470 e. The van der Waals surface area contributed by atoms with Crippen molar-refractivity contribution in [3.8, 4) is 0 Å². The molecule has 0 amide bonds. The van der Waals surface area contributed by atoms with E-state index >= 15 is 0 Å². The quantitative estimate of drug-likeness (QED) is 0.646. The maximum atomic E-state index is 5.68. The van der Waals surface area contributed by atoms with Crippen molar-refractivity contribution in [2.24, 2.45) is 15.9 Å². The van der Waals surface area contributed by atoms with Crippen molar-refractivity contribution in [2.45, 2.75) is 39.0 Å². The number of nitrogens with zero attached hydrogens (tertiary/aromatic N) is 2. The first kappa shape index (κ1) is 17.2. The third kappa shape index (κ3) is 4.92. The molecule has 0 aromatic carbocycles. The van der Waals surface area contributed by atoms with Crippen LogP contribution in [0.4, 0.5) is 0 Å². The van der Waals surface area contributed by atoms with E-state index in [9.17, 15) is 0 Å². The van der Waals surface area contributed by atoms with Gasteiger partial charge in [0.25, 0.3) is 0 Å². The fourth-order valence-corrected chi connectivity index (χ4v) is 2.88. The summed E-state index contributed by atoms with van der Waals surface area (Å²) >= 11 is 0. The van der Waals surface area contributed by atoms with Gasteiger partial charge >= 0.3 is 0 Å². The van der Waals surface area contributed by atoms with Gasteiger partial charge in [0, 0.05) is 6.20 Å². The van der Waals surface area contributed by atoms with Crippen LogP contribution in [-0.4, -0.2) is 18.2 Å². The third-order valence-corrected chi connectivity index (χ3v) is 4.16. The van der Waals surface area contributed by atoms with E-state index in [-0.39, 0.29) is 0 Å². The van der Waals surface area contributed by atoms with E-state index < -0.39 is 0 Å². The summed E-state index contributed by atoms with van der Waals surface area (Å²) in [4.78, 5) is 8.74. The van der Waals surface area contributed by atoms with E-state index in [0.717, 1.165) is 17.0 Å². The Morgan fingerprint density at radius 3 is 2.70 bits per heavy atom. The molecule has 1 fully saturated rings. The molecule has 0 spiro atoms. The van der Waals surface area contributed by atoms with Crippen LogP contribution >= 0.6 is 0 Å². The number of hydrogen-bond donors (Lipinski definition) is 0. The molecule has 0 bridgehead atoms. The lowest BCUT2D eigenvalue weighted by Crippen LogP contribution is -2.22. The van der Waals surface area contributed by atoms with Gasteiger partial charge in [-0.2, -0.15) is 0 Å². The summed E-state index contributed by atoms with van der Waals surface area (Å²) in [5.41, 5.74) is 2.61. The van der Waals surface area contributed by atoms with E-state index in [4.69, 9.17) is 4.74 Å². The summed E-state index contributed by atoms with van der Waals surface area (Å²) in [5.74, 6) is 1.24. The van der Waals surface area contributed by atoms with Crippen molar-refractivity contribution < 1.29 is 4.74 Å². The van der Waals surface area contributed by atoms with E-state index in [1.807, 2.05) is 19.1 Å². The second-order valence-electron chi connectivity index (χ2n) is 5.75. The minimum Gasteiger partial charge on any atom is -0.470 e. The third-order valence-electron chi connectivity index (χ3n) is 4.16. The Hall–Kier alpha value is -2.16. The summed E-state index contributed by atoms with van der Waals surface area (Å²) in [6, 6.07) is 0. The molecule has 3 nitrogen and oxygen atoms in total. The maximum Gasteiger partial charge on any atom is 0.239 e. The van der Waals surface area contributed by atoms with Gasteiger partial charge in [0.05, 0.1) is 5.71 Å². The SMILES string of the molecule is C=CN=C1OCC(C(/C=C)=C/C=C/C2CCCCC2)=N/C1=C/C. The molecule has 0 N–H and O–H groups in total. The Morgan fingerprint density at radius 2 is 2.04 bits per heavy atom. The van der Waals surface area contributed by atoms with Crippen LogP contribution < -0.4 is 0 Å². The zero-order valence-electron chi connectivity index (χ0n) is 14.0. The molecule has 0 saturated heterocycles. The van der Waals surface area contributed by atoms with Crippen LogP contribution in [-0.2, 0) is 4.74 Å². The van der Waals surface area contributed by atoms with Crippen LogP contribution in [0.1, 0.15) is 39.0 Å². The highest BCUT2D eigenvalue weighted by Crippen LogP contribution is 2.24. The highest BCUT2D eigenvalue weighted by Gasteiger charge is 2.17. The average Bonchev–Trinajstić information content (AvgIpc) is 2.60. The fraction of sp³-hybridized carbons (Fsp3) is 0.400. The molecule has 1 heterocycles. The van der Waals surface area contributed by atoms with Crippen LogP contribution in [0, 0.1) is 5.92 Å². The van der Waals surface area contributed by atoms with E-state index in [0.29, 0.717) is 18.4 Å². The first-order valence-electron chi connectivity index (χ1n) is 8.35. The zero-order chi connectivity index (χ0) is 16.5. The summed E-state index contributed by atoms with van der Waals surface area (Å²) in [7, 11) is 0. The Balaban J connectivity index is 2.12. The molecule has 1 aliphatic heterocycles. The minimum absolute atomic E-state index is 0.402. The van der Waals surface area contributed by atoms with Crippen molar-refractivity contribution in [1.29, 1.82) is 0 Å². The minimum atomic E-state index is 0.402. The molecular weight excluding hydrogens is 284 g/mol. The van der Waals surface area contributed by atoms with Gasteiger partial charge in [0.1, 0.15) is 12.3 Å². The normalized spacial score (nSPS) is 23.9. The lowest BCUT2D eigenvalue weighted by Gasteiger charge is -2.18. The lowest BCUT2D eigenvalue weighted by atomic mass is 9.89. The smallest absolute Gasteiger partial charge is 0.239 e. The van der Waals surface area contributed by atoms with Crippen molar-refractivity contribution in [1.82, 2.24) is 0 Å². The van der Waals surface area contributed by atoms with Gasteiger partial charge in [-0.15, -0.1) is 0 Å². The highest BCUT2D eigenvalue weighted by molar-refractivity contribution is 6.10. The van der Waals surface area contributed by atoms with Gasteiger partial charge in [0.15, 0.2) is 0 Å². The molecule has 2 aliphatic rings. The summed E-state index contributed by atoms with van der Waals surface area (Å²) in [5, 5.41) is 0. The number of rotatable bonds is 5. The summed E-state index contributed by atoms with van der Waals surface area (Å²) in [6.07, 6.45) is 18.4. The van der Waals surface area contributed by atoms with Crippen LogP contribution in [0.15, 0.2) is 71.0 Å². The Labute approximate surface area is 139 Å². The molecule has 2 rings (SSSR count). The maximum absolute atomic E-state index is 5.68. The van der Waals surface area contributed by atoms with Crippen molar-refractivity contribution in [2.75, 3.05) is 6.61 Å². The van der Waals surface area contributed by atoms with E-state index in [1.54, 1.807) is 0 Å². The molecule has 0 radical (unpaired) electrons. The summed E-state index contributed by atoms with van der Waals surface area (Å²) in [6.45, 7) is 9.82. The fourth-order valence-electron chi connectivity index (χ4n) is 2.88. The van der Waals surface area contributed by atoms with Crippen LogP contribution in [0.2, 0.25) is 0 Å². The highest BCUT2D eigenvalue weighted by atomic mass is 16.5. The zero-order valence-corrected chi connectivity index (χ0v) is 14.0. The molecule has 1 saturated carbocycles. The number of ether oxygens (including phenoxy) is 1. The second-order valence-corrected chi connectivity index (χ2v) is 5.75. The first-order valence-corrected chi connectivity index (χ1v) is 8.35. The Morgan fingerprint density at radius 1 is 1.26 bits per heavy atom. The molecule has 0 aromatic rings. The number of aliphatic imine (C=N–C) groups is 2. The monoisotopic (exact) mass is 310 g/mol. The Kier molecular flexibility index (Phi) is 6.79. The predicted molar refractivity (Wildman–Crippen MR) is 98.8 cm³/mol. The molecule has 1 aliphatic carbocycles. The van der Waals surface area contributed by atoms with E-state index in [1.165, 1.54) is 38.3 Å². The molecule has 0 aromatic heterocycles. The van der Waals surface area contributed by atoms with Crippen LogP contribution in [0.3, 0.4) is 0 Å². The standard InChI is InChI=1S/C20H26N2O/c1-4-17(14-10-13-16-11-8-7-9-12-16)19-15-23-20(21-6-3)18(5-2)22-19/h4-6,10,13-14,16H,1,3,7-9,11-12,15H2,2H3/b13-10+,17-14+,18-5+,21-20?. The van der Waals surface area contributed by atoms with Gasteiger partial charge in [-0.3, -0.25) is 0 Å².